The standard InChI is InChI=1S/C20H17N3O2.C10H10N2O/c1-3-15(11-21-9-1)19-7-5-17(24-19)13-23-14-18-6-8-20(25-18)16-4-2-10-22-12-16;11-6-9-3-4-10(13-9)8-2-1-5-12-7-8/h1-12,23H,13-14H2;1-5,7H,6,11H2. The summed E-state index contributed by atoms with van der Waals surface area (Å²) in [6.07, 6.45) is 10.6. The summed E-state index contributed by atoms with van der Waals surface area (Å²) in [4.78, 5) is 12.2. The molecule has 0 radical (unpaired) electrons. The van der Waals surface area contributed by atoms with E-state index in [1.54, 1.807) is 37.2 Å². The lowest BCUT2D eigenvalue weighted by molar-refractivity contribution is 0.460. The number of furan rings is 3. The Morgan fingerprint density at radius 1 is 0.526 bits per heavy atom. The molecule has 0 aliphatic rings. The number of rotatable bonds is 8. The van der Waals surface area contributed by atoms with Crippen LogP contribution in [0, 0.1) is 0 Å². The van der Waals surface area contributed by atoms with Gasteiger partial charge < -0.3 is 24.3 Å². The number of nitrogens with two attached hydrogens (primary N) is 1. The molecule has 0 amide bonds. The minimum Gasteiger partial charge on any atom is -0.460 e. The summed E-state index contributed by atoms with van der Waals surface area (Å²) < 4.78 is 17.1. The Kier molecular flexibility index (Phi) is 8.15. The first-order chi connectivity index (χ1) is 18.8. The fourth-order valence-electron chi connectivity index (χ4n) is 3.73. The summed E-state index contributed by atoms with van der Waals surface area (Å²) in [5, 5.41) is 3.33. The van der Waals surface area contributed by atoms with Crippen molar-refractivity contribution in [1.82, 2.24) is 20.3 Å². The van der Waals surface area contributed by atoms with Crippen LogP contribution >= 0.6 is 0 Å². The maximum Gasteiger partial charge on any atom is 0.135 e. The van der Waals surface area contributed by atoms with Crippen LogP contribution < -0.4 is 11.1 Å². The van der Waals surface area contributed by atoms with Crippen LogP contribution in [0.5, 0.6) is 0 Å². The van der Waals surface area contributed by atoms with Crippen molar-refractivity contribution in [2.75, 3.05) is 0 Å². The summed E-state index contributed by atoms with van der Waals surface area (Å²) in [5.41, 5.74) is 8.35. The van der Waals surface area contributed by atoms with Crippen LogP contribution in [0.25, 0.3) is 34.0 Å². The van der Waals surface area contributed by atoms with Crippen LogP contribution in [-0.4, -0.2) is 15.0 Å². The SMILES string of the molecule is NCc1ccc(-c2cccnc2)o1.c1cncc(-c2ccc(CNCc3ccc(-c4cccnc4)o3)o2)c1. The van der Waals surface area contributed by atoms with Crippen LogP contribution in [0.1, 0.15) is 17.3 Å². The molecule has 6 aromatic heterocycles. The minimum absolute atomic E-state index is 0.431. The highest BCUT2D eigenvalue weighted by Gasteiger charge is 2.07. The zero-order valence-electron chi connectivity index (χ0n) is 20.7. The third-order valence-corrected chi connectivity index (χ3v) is 5.62. The van der Waals surface area contributed by atoms with E-state index in [1.165, 1.54) is 0 Å². The van der Waals surface area contributed by atoms with Crippen LogP contribution in [0.4, 0.5) is 0 Å². The third-order valence-electron chi connectivity index (χ3n) is 5.62. The van der Waals surface area contributed by atoms with Gasteiger partial charge in [0.15, 0.2) is 0 Å². The Bertz CT molecular complexity index is 1450. The first kappa shape index (κ1) is 24.9. The second kappa shape index (κ2) is 12.4. The van der Waals surface area contributed by atoms with Gasteiger partial charge in [0.1, 0.15) is 34.6 Å². The molecule has 6 rings (SSSR count). The van der Waals surface area contributed by atoms with Gasteiger partial charge in [0.05, 0.1) is 19.6 Å². The monoisotopic (exact) mass is 505 g/mol. The van der Waals surface area contributed by atoms with Crippen LogP contribution in [-0.2, 0) is 19.6 Å². The molecule has 0 aliphatic heterocycles. The largest absolute Gasteiger partial charge is 0.460 e. The molecule has 0 fully saturated rings. The molecule has 38 heavy (non-hydrogen) atoms. The molecule has 0 unspecified atom stereocenters. The zero-order chi connectivity index (χ0) is 26.0. The first-order valence-corrected chi connectivity index (χ1v) is 12.2. The highest BCUT2D eigenvalue weighted by atomic mass is 16.3. The fraction of sp³-hybridized carbons (Fsp3) is 0.100. The van der Waals surface area contributed by atoms with E-state index in [-0.39, 0.29) is 0 Å². The molecule has 8 nitrogen and oxygen atoms in total. The third kappa shape index (κ3) is 6.50. The molecule has 0 saturated heterocycles. The van der Waals surface area contributed by atoms with Gasteiger partial charge in [-0.2, -0.15) is 0 Å². The van der Waals surface area contributed by atoms with Crippen molar-refractivity contribution in [3.8, 4) is 34.0 Å². The average Bonchev–Trinajstić information content (AvgIpc) is 3.76. The normalized spacial score (nSPS) is 10.7. The van der Waals surface area contributed by atoms with Gasteiger partial charge in [-0.15, -0.1) is 0 Å². The maximum atomic E-state index is 5.84. The number of aromatic nitrogens is 3. The smallest absolute Gasteiger partial charge is 0.135 e. The molecule has 0 aromatic carbocycles. The van der Waals surface area contributed by atoms with E-state index in [1.807, 2.05) is 72.8 Å². The summed E-state index contributed by atoms with van der Waals surface area (Å²) >= 11 is 0. The Morgan fingerprint density at radius 3 is 1.26 bits per heavy atom. The molecule has 0 saturated carbocycles. The molecule has 0 spiro atoms. The van der Waals surface area contributed by atoms with Crippen LogP contribution in [0.3, 0.4) is 0 Å². The van der Waals surface area contributed by atoms with E-state index in [4.69, 9.17) is 19.0 Å². The maximum absolute atomic E-state index is 5.84. The van der Waals surface area contributed by atoms with Crippen molar-refractivity contribution in [3.05, 3.63) is 127 Å². The molecule has 0 bridgehead atoms. The van der Waals surface area contributed by atoms with Crippen molar-refractivity contribution in [2.24, 2.45) is 5.73 Å². The van der Waals surface area contributed by atoms with Crippen LogP contribution in [0.15, 0.2) is 123 Å². The second-order valence-electron chi connectivity index (χ2n) is 8.33. The Balaban J connectivity index is 0.000000190. The van der Waals surface area contributed by atoms with E-state index in [9.17, 15) is 0 Å². The predicted octanol–water partition coefficient (Wildman–Crippen LogP) is 6.09. The van der Waals surface area contributed by atoms with E-state index >= 15 is 0 Å². The van der Waals surface area contributed by atoms with E-state index < -0.39 is 0 Å². The number of hydrogen-bond acceptors (Lipinski definition) is 8. The molecular formula is C30H27N5O3. The Hall–Kier alpha value is -4.79. The van der Waals surface area contributed by atoms with E-state index in [0.29, 0.717) is 19.6 Å². The quantitative estimate of drug-likeness (QED) is 0.255. The minimum atomic E-state index is 0.431. The highest BCUT2D eigenvalue weighted by Crippen LogP contribution is 2.23. The van der Waals surface area contributed by atoms with Crippen LogP contribution in [0.2, 0.25) is 0 Å². The molecular weight excluding hydrogens is 478 g/mol. The van der Waals surface area contributed by atoms with Gasteiger partial charge >= 0.3 is 0 Å². The van der Waals surface area contributed by atoms with Crippen molar-refractivity contribution in [3.63, 3.8) is 0 Å². The van der Waals surface area contributed by atoms with Gasteiger partial charge in [0.2, 0.25) is 0 Å². The lowest BCUT2D eigenvalue weighted by atomic mass is 10.2. The first-order valence-electron chi connectivity index (χ1n) is 12.2. The number of nitrogens with one attached hydrogen (secondary N) is 1. The molecule has 6 heterocycles. The van der Waals surface area contributed by atoms with Gasteiger partial charge in [-0.1, -0.05) is 0 Å². The Morgan fingerprint density at radius 2 is 0.921 bits per heavy atom. The fourth-order valence-corrected chi connectivity index (χ4v) is 3.73. The summed E-state index contributed by atoms with van der Waals surface area (Å²) in [7, 11) is 0. The molecule has 8 heteroatoms. The van der Waals surface area contributed by atoms with Gasteiger partial charge in [0.25, 0.3) is 0 Å². The van der Waals surface area contributed by atoms with E-state index in [2.05, 4.69) is 20.3 Å². The van der Waals surface area contributed by atoms with Gasteiger partial charge in [-0.05, 0) is 72.8 Å². The van der Waals surface area contributed by atoms with E-state index in [0.717, 1.165) is 51.3 Å². The molecule has 0 atom stereocenters. The van der Waals surface area contributed by atoms with Gasteiger partial charge in [-0.3, -0.25) is 15.0 Å². The van der Waals surface area contributed by atoms with Gasteiger partial charge in [-0.25, -0.2) is 0 Å². The molecule has 3 N–H and O–H groups in total. The summed E-state index contributed by atoms with van der Waals surface area (Å²) in [5.74, 6) is 4.99. The predicted molar refractivity (Wildman–Crippen MR) is 144 cm³/mol. The van der Waals surface area contributed by atoms with Crippen molar-refractivity contribution >= 4 is 0 Å². The lowest BCUT2D eigenvalue weighted by Gasteiger charge is -2.01. The molecule has 190 valence electrons. The molecule has 6 aromatic rings. The van der Waals surface area contributed by atoms with Gasteiger partial charge in [0, 0.05) is 53.9 Å². The zero-order valence-corrected chi connectivity index (χ0v) is 20.7. The average molecular weight is 506 g/mol. The Labute approximate surface area is 220 Å². The molecule has 0 aliphatic carbocycles. The summed E-state index contributed by atoms with van der Waals surface area (Å²) in [6.45, 7) is 1.69. The highest BCUT2D eigenvalue weighted by molar-refractivity contribution is 5.57. The van der Waals surface area contributed by atoms with Crippen molar-refractivity contribution < 1.29 is 13.3 Å². The number of hydrogen-bond donors (Lipinski definition) is 2. The topological polar surface area (TPSA) is 116 Å². The summed E-state index contributed by atoms with van der Waals surface area (Å²) in [6, 6.07) is 23.2. The second-order valence-corrected chi connectivity index (χ2v) is 8.33. The lowest BCUT2D eigenvalue weighted by Crippen LogP contribution is -2.11. The van der Waals surface area contributed by atoms with Crippen molar-refractivity contribution in [2.45, 2.75) is 19.6 Å². The van der Waals surface area contributed by atoms with Crippen molar-refractivity contribution in [1.29, 1.82) is 0 Å². The number of nitrogens with zero attached hydrogens (tertiary/aromatic N) is 3. The number of pyridine rings is 3.